The molecule has 0 unspecified atom stereocenters. The van der Waals surface area contributed by atoms with Crippen LogP contribution in [0.25, 0.3) is 16.9 Å². The third-order valence-electron chi connectivity index (χ3n) is 2.71. The molecule has 1 N–H and O–H groups in total. The maximum absolute atomic E-state index is 5.12. The van der Waals surface area contributed by atoms with Gasteiger partial charge in [-0.3, -0.25) is 0 Å². The summed E-state index contributed by atoms with van der Waals surface area (Å²) >= 11 is 5.12. The lowest BCUT2D eigenvalue weighted by atomic mass is 10.1. The Kier molecular flexibility index (Phi) is 2.45. The van der Waals surface area contributed by atoms with Crippen LogP contribution in [0.2, 0.25) is 0 Å². The Morgan fingerprint density at radius 2 is 1.89 bits per heavy atom. The molecule has 0 aliphatic carbocycles. The van der Waals surface area contributed by atoms with Gasteiger partial charge in [0.15, 0.2) is 15.8 Å². The molecule has 0 fully saturated rings. The number of nitrogens with one attached hydrogen (secondary N) is 1. The summed E-state index contributed by atoms with van der Waals surface area (Å²) in [7, 11) is 0. The SMILES string of the molecule is Cc1cc(C)cc(-n2nnc3c(=S)nc[nH]c32)c1. The molecule has 3 rings (SSSR count). The van der Waals surface area contributed by atoms with E-state index in [0.717, 1.165) is 11.3 Å². The van der Waals surface area contributed by atoms with E-state index in [4.69, 9.17) is 12.2 Å². The molecule has 1 aromatic carbocycles. The maximum Gasteiger partial charge on any atom is 0.167 e. The molecule has 0 aliphatic rings. The third-order valence-corrected chi connectivity index (χ3v) is 3.01. The summed E-state index contributed by atoms with van der Waals surface area (Å²) in [6.45, 7) is 4.11. The van der Waals surface area contributed by atoms with Crippen molar-refractivity contribution < 1.29 is 0 Å². The van der Waals surface area contributed by atoms with Crippen LogP contribution in [0.1, 0.15) is 11.1 Å². The lowest BCUT2D eigenvalue weighted by molar-refractivity contribution is 0.815. The number of benzene rings is 1. The Bertz CT molecular complexity index is 766. The van der Waals surface area contributed by atoms with E-state index in [0.29, 0.717) is 10.2 Å². The fraction of sp³-hybridized carbons (Fsp3) is 0.167. The third kappa shape index (κ3) is 1.70. The van der Waals surface area contributed by atoms with Gasteiger partial charge in [0.25, 0.3) is 0 Å². The van der Waals surface area contributed by atoms with Crippen molar-refractivity contribution >= 4 is 23.4 Å². The van der Waals surface area contributed by atoms with Crippen LogP contribution in [0.5, 0.6) is 0 Å². The van der Waals surface area contributed by atoms with Crippen molar-refractivity contribution in [1.82, 2.24) is 25.0 Å². The molecule has 90 valence electrons. The van der Waals surface area contributed by atoms with Gasteiger partial charge in [-0.2, -0.15) is 4.68 Å². The average Bonchev–Trinajstić information content (AvgIpc) is 2.73. The summed E-state index contributed by atoms with van der Waals surface area (Å²) < 4.78 is 2.20. The molecule has 0 radical (unpaired) electrons. The summed E-state index contributed by atoms with van der Waals surface area (Å²) in [6.07, 6.45) is 1.56. The van der Waals surface area contributed by atoms with E-state index in [1.54, 1.807) is 11.0 Å². The molecule has 0 spiro atoms. The molecule has 6 heteroatoms. The van der Waals surface area contributed by atoms with Gasteiger partial charge in [0.1, 0.15) is 0 Å². The van der Waals surface area contributed by atoms with E-state index in [2.05, 4.69) is 52.3 Å². The molecule has 0 bridgehead atoms. The monoisotopic (exact) mass is 257 g/mol. The van der Waals surface area contributed by atoms with Gasteiger partial charge in [-0.1, -0.05) is 23.5 Å². The van der Waals surface area contributed by atoms with E-state index < -0.39 is 0 Å². The van der Waals surface area contributed by atoms with E-state index in [1.165, 1.54) is 11.1 Å². The quantitative estimate of drug-likeness (QED) is 0.680. The van der Waals surface area contributed by atoms with Gasteiger partial charge in [0.05, 0.1) is 12.0 Å². The van der Waals surface area contributed by atoms with Gasteiger partial charge in [0, 0.05) is 0 Å². The molecule has 2 aromatic heterocycles. The van der Waals surface area contributed by atoms with Gasteiger partial charge < -0.3 is 4.98 Å². The minimum atomic E-state index is 0.458. The number of aryl methyl sites for hydroxylation is 2. The number of hydrogen-bond donors (Lipinski definition) is 1. The Morgan fingerprint density at radius 1 is 1.17 bits per heavy atom. The predicted molar refractivity (Wildman–Crippen MR) is 71.3 cm³/mol. The van der Waals surface area contributed by atoms with Crippen LogP contribution >= 0.6 is 12.2 Å². The van der Waals surface area contributed by atoms with Crippen molar-refractivity contribution in [3.05, 3.63) is 40.3 Å². The number of H-pyrrole nitrogens is 1. The van der Waals surface area contributed by atoms with E-state index >= 15 is 0 Å². The maximum atomic E-state index is 5.12. The smallest absolute Gasteiger partial charge is 0.167 e. The molecule has 0 amide bonds. The Labute approximate surface area is 108 Å². The Morgan fingerprint density at radius 3 is 2.61 bits per heavy atom. The summed E-state index contributed by atoms with van der Waals surface area (Å²) in [6, 6.07) is 6.23. The minimum absolute atomic E-state index is 0.458. The first-order valence-corrected chi connectivity index (χ1v) is 5.94. The molecule has 2 heterocycles. The largest absolute Gasteiger partial charge is 0.329 e. The first-order valence-electron chi connectivity index (χ1n) is 5.53. The Hall–Kier alpha value is -2.08. The molecule has 3 aromatic rings. The zero-order valence-electron chi connectivity index (χ0n) is 10.0. The van der Waals surface area contributed by atoms with E-state index in [9.17, 15) is 0 Å². The molecule has 0 atom stereocenters. The van der Waals surface area contributed by atoms with Crippen LogP contribution in [-0.4, -0.2) is 25.0 Å². The van der Waals surface area contributed by atoms with Crippen molar-refractivity contribution in [3.63, 3.8) is 0 Å². The Balaban J connectivity index is 2.32. The van der Waals surface area contributed by atoms with E-state index in [1.807, 2.05) is 0 Å². The predicted octanol–water partition coefficient (Wildman–Crippen LogP) is 2.49. The van der Waals surface area contributed by atoms with Crippen molar-refractivity contribution in [2.75, 3.05) is 0 Å². The topological polar surface area (TPSA) is 59.4 Å². The number of rotatable bonds is 1. The molecular formula is C12H11N5S. The van der Waals surface area contributed by atoms with Crippen LogP contribution in [0, 0.1) is 18.5 Å². The van der Waals surface area contributed by atoms with Crippen LogP contribution in [0.3, 0.4) is 0 Å². The summed E-state index contributed by atoms with van der Waals surface area (Å²) in [5, 5.41) is 8.21. The molecule has 0 aliphatic heterocycles. The molecule has 0 saturated heterocycles. The van der Waals surface area contributed by atoms with Crippen LogP contribution < -0.4 is 0 Å². The minimum Gasteiger partial charge on any atom is -0.329 e. The fourth-order valence-corrected chi connectivity index (χ4v) is 2.21. The lowest BCUT2D eigenvalue weighted by Crippen LogP contribution is -1.99. The number of fused-ring (bicyclic) bond motifs is 1. The summed E-state index contributed by atoms with van der Waals surface area (Å²) in [4.78, 5) is 7.03. The van der Waals surface area contributed by atoms with Crippen molar-refractivity contribution in [2.45, 2.75) is 13.8 Å². The first kappa shape index (κ1) is 11.0. The molecule has 18 heavy (non-hydrogen) atoms. The first-order chi connectivity index (χ1) is 8.65. The van der Waals surface area contributed by atoms with Gasteiger partial charge >= 0.3 is 0 Å². The standard InChI is InChI=1S/C12H11N5S/c1-7-3-8(2)5-9(4-7)17-11-10(15-16-17)12(18)14-6-13-11/h3-6H,1-2H3,(H,13,14,18). The van der Waals surface area contributed by atoms with Gasteiger partial charge in [-0.25, -0.2) is 4.98 Å². The van der Waals surface area contributed by atoms with Crippen LogP contribution in [0.4, 0.5) is 0 Å². The number of aromatic nitrogens is 5. The second-order valence-electron chi connectivity index (χ2n) is 4.25. The zero-order chi connectivity index (χ0) is 12.7. The van der Waals surface area contributed by atoms with Gasteiger partial charge in [-0.15, -0.1) is 5.10 Å². The van der Waals surface area contributed by atoms with Gasteiger partial charge in [-0.05, 0) is 37.1 Å². The van der Waals surface area contributed by atoms with Crippen molar-refractivity contribution in [1.29, 1.82) is 0 Å². The zero-order valence-corrected chi connectivity index (χ0v) is 10.8. The van der Waals surface area contributed by atoms with Crippen LogP contribution in [0.15, 0.2) is 24.5 Å². The summed E-state index contributed by atoms with van der Waals surface area (Å²) in [5.74, 6) is 0. The van der Waals surface area contributed by atoms with Crippen molar-refractivity contribution in [2.24, 2.45) is 0 Å². The highest BCUT2D eigenvalue weighted by Crippen LogP contribution is 2.17. The van der Waals surface area contributed by atoms with Crippen molar-refractivity contribution in [3.8, 4) is 5.69 Å². The normalized spacial score (nSPS) is 11.0. The lowest BCUT2D eigenvalue weighted by Gasteiger charge is -2.04. The number of nitrogens with zero attached hydrogens (tertiary/aromatic N) is 4. The molecule has 5 nitrogen and oxygen atoms in total. The second kappa shape index (κ2) is 3.99. The number of aromatic amines is 1. The highest BCUT2D eigenvalue weighted by molar-refractivity contribution is 7.71. The number of hydrogen-bond acceptors (Lipinski definition) is 4. The molecule has 0 saturated carbocycles. The average molecular weight is 257 g/mol. The highest BCUT2D eigenvalue weighted by Gasteiger charge is 2.08. The highest BCUT2D eigenvalue weighted by atomic mass is 32.1. The summed E-state index contributed by atoms with van der Waals surface area (Å²) in [5.41, 5.74) is 4.71. The second-order valence-corrected chi connectivity index (χ2v) is 4.64. The van der Waals surface area contributed by atoms with Gasteiger partial charge in [0.2, 0.25) is 0 Å². The molecular weight excluding hydrogens is 246 g/mol. The van der Waals surface area contributed by atoms with E-state index in [-0.39, 0.29) is 0 Å². The van der Waals surface area contributed by atoms with Crippen LogP contribution in [-0.2, 0) is 0 Å². The fourth-order valence-electron chi connectivity index (χ4n) is 2.02.